The third kappa shape index (κ3) is 6.43. The number of hydrogen-bond donors (Lipinski definition) is 1. The number of ether oxygens (including phenoxy) is 1. The lowest BCUT2D eigenvalue weighted by molar-refractivity contribution is -0.137. The van der Waals surface area contributed by atoms with E-state index < -0.39 is 17.8 Å². The smallest absolute Gasteiger partial charge is 0.416 e. The van der Waals surface area contributed by atoms with Crippen LogP contribution in [0, 0.1) is 0 Å². The lowest BCUT2D eigenvalue weighted by atomic mass is 10.0. The van der Waals surface area contributed by atoms with Gasteiger partial charge in [0.15, 0.2) is 0 Å². The Morgan fingerprint density at radius 1 is 1.03 bits per heavy atom. The first-order chi connectivity index (χ1) is 16.2. The summed E-state index contributed by atoms with van der Waals surface area (Å²) in [6.07, 6.45) is -3.19. The topological polar surface area (TPSA) is 41.6 Å². The number of methoxy groups -OCH3 is 1. The molecular weight excluding hydrogens is 556 g/mol. The van der Waals surface area contributed by atoms with Crippen molar-refractivity contribution >= 4 is 34.2 Å². The van der Waals surface area contributed by atoms with Crippen molar-refractivity contribution < 1.29 is 22.7 Å². The second-order valence-electron chi connectivity index (χ2n) is 7.70. The predicted octanol–water partition coefficient (Wildman–Crippen LogP) is 6.40. The van der Waals surface area contributed by atoms with Crippen molar-refractivity contribution in [3.05, 3.63) is 95.6 Å². The van der Waals surface area contributed by atoms with Crippen LogP contribution >= 0.6 is 22.6 Å². The molecule has 0 heterocycles. The zero-order valence-electron chi connectivity index (χ0n) is 18.9. The highest BCUT2D eigenvalue weighted by atomic mass is 127. The summed E-state index contributed by atoms with van der Waals surface area (Å²) in [6, 6.07) is 21.6. The summed E-state index contributed by atoms with van der Waals surface area (Å²) in [6.45, 7) is 0. The lowest BCUT2D eigenvalue weighted by Crippen LogP contribution is -2.43. The van der Waals surface area contributed by atoms with E-state index in [0.29, 0.717) is 18.6 Å². The molecule has 34 heavy (non-hydrogen) atoms. The number of benzene rings is 3. The van der Waals surface area contributed by atoms with Crippen molar-refractivity contribution in [2.24, 2.45) is 0 Å². The monoisotopic (exact) mass is 582 g/mol. The van der Waals surface area contributed by atoms with Gasteiger partial charge in [0.25, 0.3) is 0 Å². The third-order valence-electron chi connectivity index (χ3n) is 5.49. The maximum atomic E-state index is 13.1. The Balaban J connectivity index is 1.93. The average molecular weight is 582 g/mol. The third-order valence-corrected chi connectivity index (χ3v) is 6.72. The molecule has 0 aromatic heterocycles. The highest BCUT2D eigenvalue weighted by Crippen LogP contribution is 2.36. The number of carbonyl (C=O) groups excluding carboxylic acids is 1. The second kappa shape index (κ2) is 11.6. The van der Waals surface area contributed by atoms with Crippen LogP contribution in [0.1, 0.15) is 29.2 Å². The molecule has 0 aliphatic rings. The first kappa shape index (κ1) is 25.9. The van der Waals surface area contributed by atoms with Crippen LogP contribution in [0.4, 0.5) is 18.9 Å². The Morgan fingerprint density at radius 3 is 2.29 bits per heavy atom. The van der Waals surface area contributed by atoms with Crippen molar-refractivity contribution in [2.45, 2.75) is 29.1 Å². The van der Waals surface area contributed by atoms with E-state index in [1.165, 1.54) is 12.1 Å². The van der Waals surface area contributed by atoms with Crippen molar-refractivity contribution in [1.82, 2.24) is 5.32 Å². The number of anilines is 1. The van der Waals surface area contributed by atoms with Crippen LogP contribution in [-0.4, -0.2) is 24.1 Å². The van der Waals surface area contributed by atoms with E-state index in [4.69, 9.17) is 4.74 Å². The number of nitrogens with one attached hydrogen (secondary N) is 1. The molecule has 180 valence electrons. The number of likely N-dealkylation sites (N-methyl/N-ethyl adjacent to an activating group) is 1. The minimum atomic E-state index is -4.36. The molecule has 1 amide bonds. The van der Waals surface area contributed by atoms with Gasteiger partial charge in [-0.15, -0.1) is 0 Å². The molecule has 8 heteroatoms. The Labute approximate surface area is 211 Å². The first-order valence-electron chi connectivity index (χ1n) is 10.7. The zero-order chi connectivity index (χ0) is 24.7. The van der Waals surface area contributed by atoms with Gasteiger partial charge in [-0.2, -0.15) is 13.2 Å². The minimum absolute atomic E-state index is 0.144. The summed E-state index contributed by atoms with van der Waals surface area (Å²) < 4.78 is 43.9. The molecule has 0 aliphatic heterocycles. The van der Waals surface area contributed by atoms with Gasteiger partial charge >= 0.3 is 6.18 Å². The molecule has 4 nitrogen and oxygen atoms in total. The number of carbonyl (C=O) groups is 1. The summed E-state index contributed by atoms with van der Waals surface area (Å²) in [4.78, 5) is 15.1. The van der Waals surface area contributed by atoms with E-state index in [1.807, 2.05) is 59.5 Å². The summed E-state index contributed by atoms with van der Waals surface area (Å²) in [5.41, 5.74) is 1.78. The summed E-state index contributed by atoms with van der Waals surface area (Å²) in [5, 5.41) is 2.77. The van der Waals surface area contributed by atoms with E-state index >= 15 is 0 Å². The van der Waals surface area contributed by atoms with Crippen LogP contribution in [0.2, 0.25) is 0 Å². The van der Waals surface area contributed by atoms with Gasteiger partial charge in [0.05, 0.1) is 16.7 Å². The molecule has 0 fully saturated rings. The summed E-state index contributed by atoms with van der Waals surface area (Å²) >= 11 is 2.29. The largest absolute Gasteiger partial charge is 0.497 e. The quantitative estimate of drug-likeness (QED) is 0.180. The van der Waals surface area contributed by atoms with Crippen molar-refractivity contribution in [3.8, 4) is 5.75 Å². The molecule has 3 aromatic carbocycles. The predicted molar refractivity (Wildman–Crippen MR) is 136 cm³/mol. The summed E-state index contributed by atoms with van der Waals surface area (Å²) in [7, 11) is 3.19. The first-order valence-corrected chi connectivity index (χ1v) is 12.0. The number of amides is 1. The maximum absolute atomic E-state index is 13.1. The molecule has 0 bridgehead atoms. The van der Waals surface area contributed by atoms with Gasteiger partial charge in [0, 0.05) is 18.8 Å². The highest BCUT2D eigenvalue weighted by Gasteiger charge is 2.32. The molecule has 0 spiro atoms. The number of rotatable bonds is 9. The van der Waals surface area contributed by atoms with Gasteiger partial charge in [-0.1, -0.05) is 71.1 Å². The van der Waals surface area contributed by atoms with Gasteiger partial charge < -0.3 is 15.0 Å². The number of halogens is 4. The number of hydrogen-bond acceptors (Lipinski definition) is 3. The van der Waals surface area contributed by atoms with Gasteiger partial charge in [0.2, 0.25) is 5.91 Å². The summed E-state index contributed by atoms with van der Waals surface area (Å²) in [5.74, 6) is 0.503. The van der Waals surface area contributed by atoms with Gasteiger partial charge in [-0.05, 0) is 48.2 Å². The molecule has 3 rings (SSSR count). The second-order valence-corrected chi connectivity index (χ2v) is 9.14. The van der Waals surface area contributed by atoms with Gasteiger partial charge in [-0.25, -0.2) is 0 Å². The SMILES string of the molecule is CNC(=O)C(c1ccccc1)N(c1cccc(OC)c1)[C@@H](I)CCc1ccc(C(F)(F)F)cc1. The van der Waals surface area contributed by atoms with Crippen molar-refractivity contribution in [3.63, 3.8) is 0 Å². The molecule has 0 radical (unpaired) electrons. The van der Waals surface area contributed by atoms with E-state index in [-0.39, 0.29) is 9.96 Å². The van der Waals surface area contributed by atoms with Crippen LogP contribution in [0.3, 0.4) is 0 Å². The van der Waals surface area contributed by atoms with Crippen LogP contribution in [-0.2, 0) is 17.4 Å². The van der Waals surface area contributed by atoms with Crippen molar-refractivity contribution in [2.75, 3.05) is 19.1 Å². The van der Waals surface area contributed by atoms with Crippen LogP contribution in [0.25, 0.3) is 0 Å². The number of alkyl halides is 4. The van der Waals surface area contributed by atoms with E-state index in [2.05, 4.69) is 27.9 Å². The maximum Gasteiger partial charge on any atom is 0.416 e. The molecule has 0 saturated carbocycles. The molecule has 2 atom stereocenters. The standard InChI is InChI=1S/C26H26F3IN2O2/c1-31-25(33)24(19-7-4-3-5-8-19)32(21-9-6-10-22(17-21)34-2)23(30)16-13-18-11-14-20(15-12-18)26(27,28)29/h3-12,14-15,17,23-24H,13,16H2,1-2H3,(H,31,33)/t23-,24?/m1/s1. The molecule has 0 saturated heterocycles. The Bertz CT molecular complexity index is 1080. The van der Waals surface area contributed by atoms with Crippen LogP contribution in [0.15, 0.2) is 78.9 Å². The van der Waals surface area contributed by atoms with Crippen LogP contribution in [0.5, 0.6) is 5.75 Å². The van der Waals surface area contributed by atoms with Gasteiger partial charge in [-0.3, -0.25) is 4.79 Å². The Hall–Kier alpha value is -2.75. The highest BCUT2D eigenvalue weighted by molar-refractivity contribution is 14.1. The minimum Gasteiger partial charge on any atom is -0.497 e. The van der Waals surface area contributed by atoms with Crippen molar-refractivity contribution in [1.29, 1.82) is 0 Å². The van der Waals surface area contributed by atoms with E-state index in [9.17, 15) is 18.0 Å². The fourth-order valence-corrected chi connectivity index (χ4v) is 4.69. The fourth-order valence-electron chi connectivity index (χ4n) is 3.74. The zero-order valence-corrected chi connectivity index (χ0v) is 21.0. The number of nitrogens with zero attached hydrogens (tertiary/aromatic N) is 1. The van der Waals surface area contributed by atoms with E-state index in [1.54, 1.807) is 14.2 Å². The average Bonchev–Trinajstić information content (AvgIpc) is 2.85. The lowest BCUT2D eigenvalue weighted by Gasteiger charge is -2.37. The number of aryl methyl sites for hydroxylation is 1. The molecular formula is C26H26F3IN2O2. The van der Waals surface area contributed by atoms with E-state index in [0.717, 1.165) is 28.9 Å². The normalized spacial score (nSPS) is 13.1. The molecule has 1 N–H and O–H groups in total. The Morgan fingerprint density at radius 2 is 1.71 bits per heavy atom. The Kier molecular flexibility index (Phi) is 8.82. The van der Waals surface area contributed by atoms with Crippen LogP contribution < -0.4 is 15.0 Å². The molecule has 1 unspecified atom stereocenters. The molecule has 0 aliphatic carbocycles. The molecule has 3 aromatic rings. The fraction of sp³-hybridized carbons (Fsp3) is 0.269. The van der Waals surface area contributed by atoms with Gasteiger partial charge in [0.1, 0.15) is 11.8 Å².